The highest BCUT2D eigenvalue weighted by Gasteiger charge is 2.35. The Morgan fingerprint density at radius 2 is 1.70 bits per heavy atom. The summed E-state index contributed by atoms with van der Waals surface area (Å²) in [4.78, 5) is 12.8. The Labute approximate surface area is 188 Å². The third-order valence-electron chi connectivity index (χ3n) is 4.36. The van der Waals surface area contributed by atoms with Crippen LogP contribution in [0, 0.1) is 10.1 Å². The van der Waals surface area contributed by atoms with Crippen molar-refractivity contribution in [3.05, 3.63) is 97.0 Å². The van der Waals surface area contributed by atoms with E-state index in [-0.39, 0.29) is 12.5 Å². The third kappa shape index (κ3) is 5.86. The largest absolute Gasteiger partial charge is 0.378 e. The van der Waals surface area contributed by atoms with Gasteiger partial charge in [0.25, 0.3) is 5.09 Å². The zero-order chi connectivity index (χ0) is 22.5. The van der Waals surface area contributed by atoms with Gasteiger partial charge in [-0.15, -0.1) is 10.1 Å². The van der Waals surface area contributed by atoms with Crippen LogP contribution in [-0.4, -0.2) is 25.0 Å². The molecule has 3 rings (SSSR count). The maximum Gasteiger partial charge on any atom is 0.291 e. The van der Waals surface area contributed by atoms with Crippen LogP contribution in [0.5, 0.6) is 0 Å². The molecule has 160 valence electrons. The minimum atomic E-state index is -1.50. The Morgan fingerprint density at radius 1 is 1.13 bits per heavy atom. The fourth-order valence-corrected chi connectivity index (χ4v) is 3.77. The van der Waals surface area contributed by atoms with Crippen LogP contribution in [0.1, 0.15) is 36.7 Å². The standard InChI is InChI=1S/C20H19Cl3N2O.HNO3/c1-13(2)19-24-9-10-25(19)12-20(26,14-3-5-15(21)6-4-14)17-8-7-16(22)11-18(17)23;2-1(3)4/h3-11,13,26H,12H2,1-2H3;(H,2,3,4). The van der Waals surface area contributed by atoms with E-state index in [1.165, 1.54) is 0 Å². The number of aromatic nitrogens is 2. The Morgan fingerprint density at radius 3 is 2.23 bits per heavy atom. The van der Waals surface area contributed by atoms with Gasteiger partial charge in [-0.05, 0) is 29.8 Å². The molecule has 0 aliphatic carbocycles. The summed E-state index contributed by atoms with van der Waals surface area (Å²) in [7, 11) is 0. The fraction of sp³-hybridized carbons (Fsp3) is 0.250. The predicted octanol–water partition coefficient (Wildman–Crippen LogP) is 5.56. The fourth-order valence-electron chi connectivity index (χ4n) is 3.08. The van der Waals surface area contributed by atoms with Gasteiger partial charge in [-0.3, -0.25) is 0 Å². The molecule has 0 amide bonds. The summed E-state index contributed by atoms with van der Waals surface area (Å²) in [5, 5.41) is 26.9. The van der Waals surface area contributed by atoms with E-state index in [0.29, 0.717) is 26.2 Å². The first-order valence-corrected chi connectivity index (χ1v) is 9.96. The molecule has 0 aliphatic heterocycles. The molecule has 2 aromatic carbocycles. The van der Waals surface area contributed by atoms with Crippen LogP contribution < -0.4 is 0 Å². The lowest BCUT2D eigenvalue weighted by atomic mass is 9.86. The molecule has 0 bridgehead atoms. The second-order valence-corrected chi connectivity index (χ2v) is 8.08. The molecular formula is C20H20Cl3N3O4. The van der Waals surface area contributed by atoms with Gasteiger partial charge in [0.05, 0.1) is 6.54 Å². The molecule has 1 heterocycles. The van der Waals surface area contributed by atoms with Crippen molar-refractivity contribution >= 4 is 34.8 Å². The van der Waals surface area contributed by atoms with E-state index >= 15 is 0 Å². The van der Waals surface area contributed by atoms with E-state index in [2.05, 4.69) is 18.8 Å². The van der Waals surface area contributed by atoms with Crippen molar-refractivity contribution in [2.24, 2.45) is 0 Å². The maximum atomic E-state index is 11.8. The van der Waals surface area contributed by atoms with Crippen molar-refractivity contribution in [1.82, 2.24) is 9.55 Å². The van der Waals surface area contributed by atoms with E-state index in [4.69, 9.17) is 50.1 Å². The van der Waals surface area contributed by atoms with Crippen LogP contribution in [-0.2, 0) is 12.1 Å². The summed E-state index contributed by atoms with van der Waals surface area (Å²) in [5.74, 6) is 1.11. The Bertz CT molecular complexity index is 1000. The van der Waals surface area contributed by atoms with E-state index in [1.54, 1.807) is 48.7 Å². The molecule has 2 N–H and O–H groups in total. The van der Waals surface area contributed by atoms with Crippen LogP contribution in [0.4, 0.5) is 0 Å². The van der Waals surface area contributed by atoms with E-state index in [0.717, 1.165) is 5.82 Å². The van der Waals surface area contributed by atoms with Gasteiger partial charge in [0, 0.05) is 38.9 Å². The first kappa shape index (κ1) is 24.0. The van der Waals surface area contributed by atoms with Crippen molar-refractivity contribution in [2.45, 2.75) is 31.9 Å². The lowest BCUT2D eigenvalue weighted by molar-refractivity contribution is -0.742. The molecule has 0 saturated heterocycles. The minimum absolute atomic E-state index is 0.222. The number of hydrogen-bond donors (Lipinski definition) is 2. The third-order valence-corrected chi connectivity index (χ3v) is 5.16. The number of rotatable bonds is 5. The van der Waals surface area contributed by atoms with Gasteiger partial charge in [0.15, 0.2) is 0 Å². The van der Waals surface area contributed by atoms with E-state index < -0.39 is 10.7 Å². The highest BCUT2D eigenvalue weighted by atomic mass is 35.5. The normalized spacial score (nSPS) is 12.8. The van der Waals surface area contributed by atoms with Crippen LogP contribution in [0.2, 0.25) is 15.1 Å². The number of imidazole rings is 1. The van der Waals surface area contributed by atoms with Gasteiger partial charge < -0.3 is 14.9 Å². The molecule has 1 unspecified atom stereocenters. The summed E-state index contributed by atoms with van der Waals surface area (Å²) in [6.07, 6.45) is 3.60. The number of benzene rings is 2. The lowest BCUT2D eigenvalue weighted by Crippen LogP contribution is -2.33. The molecule has 3 aromatic rings. The highest BCUT2D eigenvalue weighted by Crippen LogP contribution is 2.38. The summed E-state index contributed by atoms with van der Waals surface area (Å²) in [5.41, 5.74) is -0.0971. The Kier molecular flexibility index (Phi) is 8.09. The van der Waals surface area contributed by atoms with Crippen molar-refractivity contribution in [1.29, 1.82) is 0 Å². The van der Waals surface area contributed by atoms with Gasteiger partial charge in [-0.1, -0.05) is 66.8 Å². The monoisotopic (exact) mass is 471 g/mol. The zero-order valence-electron chi connectivity index (χ0n) is 16.2. The highest BCUT2D eigenvalue weighted by molar-refractivity contribution is 6.35. The quantitative estimate of drug-likeness (QED) is 0.374. The topological polar surface area (TPSA) is 101 Å². The average molecular weight is 473 g/mol. The predicted molar refractivity (Wildman–Crippen MR) is 116 cm³/mol. The molecule has 1 atom stereocenters. The number of aliphatic hydroxyl groups is 1. The Hall–Kier alpha value is -2.32. The average Bonchev–Trinajstić information content (AvgIpc) is 3.09. The molecule has 0 saturated carbocycles. The van der Waals surface area contributed by atoms with Crippen LogP contribution >= 0.6 is 34.8 Å². The summed E-state index contributed by atoms with van der Waals surface area (Å²) >= 11 is 18.5. The van der Waals surface area contributed by atoms with Gasteiger partial charge in [-0.25, -0.2) is 4.98 Å². The van der Waals surface area contributed by atoms with Crippen LogP contribution in [0.3, 0.4) is 0 Å². The SMILES string of the molecule is CC(C)c1nccn1CC(O)(c1ccc(Cl)cc1)c1ccc(Cl)cc1Cl.O=[N+]([O-])O. The molecule has 10 heteroatoms. The molecule has 1 aromatic heterocycles. The van der Waals surface area contributed by atoms with Crippen molar-refractivity contribution < 1.29 is 15.4 Å². The van der Waals surface area contributed by atoms with E-state index in [9.17, 15) is 5.11 Å². The van der Waals surface area contributed by atoms with Gasteiger partial charge >= 0.3 is 0 Å². The molecule has 30 heavy (non-hydrogen) atoms. The second kappa shape index (κ2) is 10.1. The smallest absolute Gasteiger partial charge is 0.291 e. The molecule has 0 radical (unpaired) electrons. The lowest BCUT2D eigenvalue weighted by Gasteiger charge is -2.31. The molecular weight excluding hydrogens is 453 g/mol. The first-order valence-electron chi connectivity index (χ1n) is 8.83. The van der Waals surface area contributed by atoms with Crippen LogP contribution in [0.25, 0.3) is 0 Å². The first-order chi connectivity index (χ1) is 14.0. The number of hydrogen-bond acceptors (Lipinski definition) is 4. The van der Waals surface area contributed by atoms with Gasteiger partial charge in [0.1, 0.15) is 11.4 Å². The maximum absolute atomic E-state index is 11.8. The van der Waals surface area contributed by atoms with Crippen molar-refractivity contribution in [3.63, 3.8) is 0 Å². The molecule has 7 nitrogen and oxygen atoms in total. The van der Waals surface area contributed by atoms with Crippen molar-refractivity contribution in [3.8, 4) is 0 Å². The summed E-state index contributed by atoms with van der Waals surface area (Å²) in [6.45, 7) is 4.40. The van der Waals surface area contributed by atoms with E-state index in [1.807, 2.05) is 10.8 Å². The molecule has 0 fully saturated rings. The number of nitrogens with zero attached hydrogens (tertiary/aromatic N) is 3. The Balaban J connectivity index is 0.000000735. The molecule has 0 aliphatic rings. The van der Waals surface area contributed by atoms with Gasteiger partial charge in [0.2, 0.25) is 0 Å². The summed E-state index contributed by atoms with van der Waals surface area (Å²) in [6, 6.07) is 12.2. The number of halogens is 3. The summed E-state index contributed by atoms with van der Waals surface area (Å²) < 4.78 is 1.95. The molecule has 0 spiro atoms. The van der Waals surface area contributed by atoms with Crippen LogP contribution in [0.15, 0.2) is 54.9 Å². The van der Waals surface area contributed by atoms with Crippen molar-refractivity contribution in [2.75, 3.05) is 0 Å². The second-order valence-electron chi connectivity index (χ2n) is 6.80. The van der Waals surface area contributed by atoms with Gasteiger partial charge in [-0.2, -0.15) is 0 Å². The zero-order valence-corrected chi connectivity index (χ0v) is 18.4. The minimum Gasteiger partial charge on any atom is -0.378 e.